The zero-order valence-electron chi connectivity index (χ0n) is 28.1. The molecular weight excluding hydrogens is 640 g/mol. The number of fused-ring (bicyclic) bond motifs is 1. The Morgan fingerprint density at radius 2 is 1.62 bits per heavy atom. The maximum absolute atomic E-state index is 14.5. The molecule has 0 aromatic carbocycles. The van der Waals surface area contributed by atoms with Crippen molar-refractivity contribution in [3.05, 3.63) is 6.33 Å². The van der Waals surface area contributed by atoms with E-state index in [1.165, 1.54) is 10.9 Å². The van der Waals surface area contributed by atoms with Gasteiger partial charge in [0, 0.05) is 5.92 Å². The lowest BCUT2D eigenvalue weighted by Gasteiger charge is -2.30. The number of esters is 2. The van der Waals surface area contributed by atoms with Crippen molar-refractivity contribution in [2.24, 2.45) is 17.8 Å². The predicted octanol–water partition coefficient (Wildman–Crippen LogP) is 2.91. The zero-order chi connectivity index (χ0) is 34.9. The van der Waals surface area contributed by atoms with Gasteiger partial charge in [0.05, 0.1) is 45.5 Å². The van der Waals surface area contributed by atoms with Crippen molar-refractivity contribution >= 4 is 36.7 Å². The number of imidazole rings is 1. The predicted molar refractivity (Wildman–Crippen MR) is 170 cm³/mol. The van der Waals surface area contributed by atoms with Gasteiger partial charge < -0.3 is 34.3 Å². The number of hydrogen-bond donors (Lipinski definition) is 4. The Balaban J connectivity index is 1.94. The standard InChI is InChI=1S/C29H49FN7O9P/c1-8-42-25-22-24(33-29(31)34-25)37(15-32-22)26-23(38)18(13-30)21(46-26)14-45-47(41,35-19(11-16(4)5)27(39)43-9-2)36-20(12-17(6)7)28(40)44-10-3/h15-21,23,26,38H,8-14H2,1-7H3,(H2,31,33,34)(H2,35,36,41)/t18-,19+,20+,21-,23-,26-/m1/s1. The summed E-state index contributed by atoms with van der Waals surface area (Å²) < 4.78 is 58.3. The lowest BCUT2D eigenvalue weighted by molar-refractivity contribution is -0.146. The Morgan fingerprint density at radius 1 is 1.04 bits per heavy atom. The van der Waals surface area contributed by atoms with Crippen LogP contribution in [0.15, 0.2) is 6.33 Å². The highest BCUT2D eigenvalue weighted by molar-refractivity contribution is 7.54. The first-order valence-electron chi connectivity index (χ1n) is 15.9. The number of aromatic nitrogens is 4. The number of aliphatic hydroxyl groups excluding tert-OH is 1. The van der Waals surface area contributed by atoms with E-state index in [9.17, 15) is 23.7 Å². The van der Waals surface area contributed by atoms with Crippen LogP contribution in [0.5, 0.6) is 5.88 Å². The van der Waals surface area contributed by atoms with Crippen LogP contribution in [0.3, 0.4) is 0 Å². The fourth-order valence-electron chi connectivity index (χ4n) is 5.24. The Bertz CT molecular complexity index is 1340. The summed E-state index contributed by atoms with van der Waals surface area (Å²) in [6.07, 6.45) is -1.90. The number of alkyl halides is 1. The Labute approximate surface area is 274 Å². The van der Waals surface area contributed by atoms with Gasteiger partial charge in [-0.05, 0) is 45.4 Å². The second-order valence-corrected chi connectivity index (χ2v) is 13.9. The van der Waals surface area contributed by atoms with Gasteiger partial charge in [-0.25, -0.2) is 15.2 Å². The van der Waals surface area contributed by atoms with Gasteiger partial charge in [0.2, 0.25) is 11.8 Å². The van der Waals surface area contributed by atoms with Crippen molar-refractivity contribution < 1.29 is 47.1 Å². The first-order chi connectivity index (χ1) is 22.3. The molecule has 5 N–H and O–H groups in total. The smallest absolute Gasteiger partial charge is 0.342 e. The van der Waals surface area contributed by atoms with Crippen LogP contribution < -0.4 is 20.6 Å². The number of aliphatic hydroxyl groups is 1. The van der Waals surface area contributed by atoms with Crippen molar-refractivity contribution in [3.8, 4) is 5.88 Å². The number of carbonyl (C=O) groups is 2. The van der Waals surface area contributed by atoms with E-state index in [0.29, 0.717) is 0 Å². The van der Waals surface area contributed by atoms with Crippen LogP contribution in [-0.4, -0.2) is 94.0 Å². The molecule has 2 aromatic heterocycles. The van der Waals surface area contributed by atoms with Gasteiger partial charge in [0.1, 0.15) is 18.2 Å². The molecule has 0 unspecified atom stereocenters. The van der Waals surface area contributed by atoms with Crippen LogP contribution in [0.4, 0.5) is 10.3 Å². The van der Waals surface area contributed by atoms with Crippen LogP contribution in [-0.2, 0) is 32.9 Å². The molecule has 2 aromatic rings. The minimum Gasteiger partial charge on any atom is -0.476 e. The number of nitrogen functional groups attached to an aromatic ring is 1. The van der Waals surface area contributed by atoms with Crippen molar-refractivity contribution in [1.29, 1.82) is 0 Å². The average Bonchev–Trinajstić information content (AvgIpc) is 3.55. The molecule has 3 rings (SSSR count). The molecule has 16 nitrogen and oxygen atoms in total. The summed E-state index contributed by atoms with van der Waals surface area (Å²) in [6, 6.07) is -2.14. The fraction of sp³-hybridized carbons (Fsp3) is 0.759. The van der Waals surface area contributed by atoms with E-state index in [-0.39, 0.29) is 67.5 Å². The van der Waals surface area contributed by atoms with Gasteiger partial charge in [0.15, 0.2) is 17.4 Å². The number of ether oxygens (including phenoxy) is 4. The Kier molecular flexibility index (Phi) is 14.3. The summed E-state index contributed by atoms with van der Waals surface area (Å²) in [5, 5.41) is 16.7. The molecule has 0 bridgehead atoms. The highest BCUT2D eigenvalue weighted by atomic mass is 31.2. The first kappa shape index (κ1) is 38.5. The number of anilines is 1. The number of nitrogens with one attached hydrogen (secondary N) is 2. The number of carbonyl (C=O) groups excluding carboxylic acids is 2. The number of nitrogens with two attached hydrogens (primary N) is 1. The zero-order valence-corrected chi connectivity index (χ0v) is 28.9. The highest BCUT2D eigenvalue weighted by Gasteiger charge is 2.47. The Hall–Kier alpha value is -2.95. The highest BCUT2D eigenvalue weighted by Crippen LogP contribution is 2.44. The number of halogens is 1. The van der Waals surface area contributed by atoms with Crippen LogP contribution in [0.1, 0.15) is 67.5 Å². The minimum atomic E-state index is -4.31. The summed E-state index contributed by atoms with van der Waals surface area (Å²) in [4.78, 5) is 38.4. The molecule has 6 atom stereocenters. The molecule has 0 radical (unpaired) electrons. The van der Waals surface area contributed by atoms with Crippen LogP contribution in [0, 0.1) is 17.8 Å². The van der Waals surface area contributed by atoms with Crippen molar-refractivity contribution in [2.45, 2.75) is 91.8 Å². The van der Waals surface area contributed by atoms with Gasteiger partial charge in [-0.15, -0.1) is 0 Å². The van der Waals surface area contributed by atoms with Gasteiger partial charge >= 0.3 is 19.6 Å². The monoisotopic (exact) mass is 689 g/mol. The fourth-order valence-corrected chi connectivity index (χ4v) is 7.06. The molecule has 0 aliphatic carbocycles. The number of nitrogens with zero attached hydrogens (tertiary/aromatic N) is 4. The van der Waals surface area contributed by atoms with Gasteiger partial charge in [-0.3, -0.25) is 23.1 Å². The molecule has 0 amide bonds. The van der Waals surface area contributed by atoms with Crippen LogP contribution in [0.2, 0.25) is 0 Å². The van der Waals surface area contributed by atoms with Gasteiger partial charge in [-0.1, -0.05) is 27.7 Å². The molecule has 1 fully saturated rings. The van der Waals surface area contributed by atoms with E-state index in [4.69, 9.17) is 29.2 Å². The lowest BCUT2D eigenvalue weighted by Crippen LogP contribution is -2.46. The summed E-state index contributed by atoms with van der Waals surface area (Å²) in [6.45, 7) is 11.5. The molecule has 1 aliphatic rings. The molecule has 0 saturated carbocycles. The summed E-state index contributed by atoms with van der Waals surface area (Å²) >= 11 is 0. The minimum absolute atomic E-state index is 0.0158. The van der Waals surface area contributed by atoms with E-state index in [1.54, 1.807) is 20.8 Å². The van der Waals surface area contributed by atoms with E-state index in [2.05, 4.69) is 25.1 Å². The summed E-state index contributed by atoms with van der Waals surface area (Å²) in [5.74, 6) is -2.43. The number of rotatable bonds is 19. The third kappa shape index (κ3) is 10.0. The topological polar surface area (TPSA) is 211 Å². The SMILES string of the molecule is CCOC(=O)[C@H](CC(C)C)NP(=O)(N[C@@H](CC(C)C)C(=O)OCC)OC[C@H]1O[C@@H](n2cnc3c(OCC)nc(N)nc32)[C@H](O)[C@@H]1CF. The second kappa shape index (κ2) is 17.4. The van der Waals surface area contributed by atoms with Gasteiger partial charge in [0.25, 0.3) is 0 Å². The maximum Gasteiger partial charge on any atom is 0.342 e. The first-order valence-corrected chi connectivity index (χ1v) is 17.5. The van der Waals surface area contributed by atoms with Crippen LogP contribution in [0.25, 0.3) is 11.2 Å². The second-order valence-electron chi connectivity index (χ2n) is 12.0. The molecule has 1 saturated heterocycles. The molecule has 266 valence electrons. The van der Waals surface area contributed by atoms with E-state index in [1.807, 2.05) is 27.7 Å². The summed E-state index contributed by atoms with van der Waals surface area (Å²) in [5.41, 5.74) is 6.33. The lowest BCUT2D eigenvalue weighted by atomic mass is 10.00. The maximum atomic E-state index is 14.5. The summed E-state index contributed by atoms with van der Waals surface area (Å²) in [7, 11) is -4.31. The van der Waals surface area contributed by atoms with E-state index < -0.39 is 69.3 Å². The van der Waals surface area contributed by atoms with Crippen LogP contribution >= 0.6 is 7.67 Å². The average molecular weight is 690 g/mol. The normalized spacial score (nSPS) is 21.3. The third-order valence-corrected chi connectivity index (χ3v) is 9.11. The quantitative estimate of drug-likeness (QED) is 0.123. The molecule has 0 spiro atoms. The third-order valence-electron chi connectivity index (χ3n) is 7.29. The largest absolute Gasteiger partial charge is 0.476 e. The van der Waals surface area contributed by atoms with E-state index in [0.717, 1.165) is 0 Å². The van der Waals surface area contributed by atoms with Gasteiger partial charge in [-0.2, -0.15) is 9.97 Å². The molecule has 18 heteroatoms. The van der Waals surface area contributed by atoms with Crippen molar-refractivity contribution in [2.75, 3.05) is 38.8 Å². The molecule has 3 heterocycles. The number of hydrogen-bond acceptors (Lipinski definition) is 13. The molecule has 47 heavy (non-hydrogen) atoms. The van der Waals surface area contributed by atoms with E-state index >= 15 is 0 Å². The Morgan fingerprint density at radius 3 is 2.11 bits per heavy atom. The molecule has 1 aliphatic heterocycles. The van der Waals surface area contributed by atoms with Crippen molar-refractivity contribution in [1.82, 2.24) is 29.7 Å². The molecular formula is C29H49FN7O9P. The van der Waals surface area contributed by atoms with Crippen molar-refractivity contribution in [3.63, 3.8) is 0 Å².